The molecule has 2 unspecified atom stereocenters. The highest BCUT2D eigenvalue weighted by Crippen LogP contribution is 2.38. The maximum absolute atomic E-state index is 12.8. The van der Waals surface area contributed by atoms with Crippen molar-refractivity contribution in [1.82, 2.24) is 0 Å². The molecule has 84 heavy (non-hydrogen) atoms. The van der Waals surface area contributed by atoms with Crippen LogP contribution in [0.25, 0.3) is 0 Å². The minimum atomic E-state index is -4.67. The number of allylic oxidation sites excluding steroid dienone is 34. The molecule has 0 aliphatic heterocycles. The van der Waals surface area contributed by atoms with Crippen molar-refractivity contribution in [2.24, 2.45) is 0 Å². The predicted octanol–water partition coefficient (Wildman–Crippen LogP) is 20.1. The van der Waals surface area contributed by atoms with E-state index in [1.807, 2.05) is 21.1 Å². The van der Waals surface area contributed by atoms with E-state index >= 15 is 0 Å². The lowest BCUT2D eigenvalue weighted by Gasteiger charge is -2.28. The fraction of sp³-hybridized carbons (Fsp3) is 0.514. The Morgan fingerprint density at radius 3 is 0.952 bits per heavy atom. The van der Waals surface area contributed by atoms with Crippen molar-refractivity contribution >= 4 is 19.8 Å². The summed E-state index contributed by atoms with van der Waals surface area (Å²) >= 11 is 0. The van der Waals surface area contributed by atoms with Gasteiger partial charge in [-0.2, -0.15) is 0 Å². The second-order valence-corrected chi connectivity index (χ2v) is 22.7. The van der Waals surface area contributed by atoms with Crippen molar-refractivity contribution < 1.29 is 42.1 Å². The topological polar surface area (TPSA) is 111 Å². The van der Waals surface area contributed by atoms with Gasteiger partial charge in [0.05, 0.1) is 27.7 Å². The van der Waals surface area contributed by atoms with Gasteiger partial charge >= 0.3 is 11.9 Å². The summed E-state index contributed by atoms with van der Waals surface area (Å²) in [6.45, 7) is 3.90. The number of esters is 2. The third-order valence-electron chi connectivity index (χ3n) is 12.3. The predicted molar refractivity (Wildman–Crippen MR) is 359 cm³/mol. The van der Waals surface area contributed by atoms with Gasteiger partial charge in [-0.3, -0.25) is 14.2 Å². The molecule has 0 aromatic carbocycles. The molecule has 10 heteroatoms. The highest BCUT2D eigenvalue weighted by Gasteiger charge is 2.21. The minimum Gasteiger partial charge on any atom is -0.756 e. The van der Waals surface area contributed by atoms with Gasteiger partial charge < -0.3 is 27.9 Å². The van der Waals surface area contributed by atoms with Crippen molar-refractivity contribution in [3.8, 4) is 0 Å². The molecule has 0 aliphatic rings. The zero-order valence-electron chi connectivity index (χ0n) is 53.0. The minimum absolute atomic E-state index is 0.0556. The van der Waals surface area contributed by atoms with Crippen LogP contribution in [-0.2, 0) is 32.7 Å². The summed E-state index contributed by atoms with van der Waals surface area (Å²) in [6, 6.07) is 0. The molecule has 0 spiro atoms. The Labute approximate surface area is 513 Å². The number of likely N-dealkylation sites (N-methyl/N-ethyl adjacent to an activating group) is 1. The number of rotatable bonds is 55. The van der Waals surface area contributed by atoms with E-state index in [9.17, 15) is 19.0 Å². The van der Waals surface area contributed by atoms with Crippen molar-refractivity contribution in [2.45, 2.75) is 200 Å². The van der Waals surface area contributed by atoms with Crippen LogP contribution in [0.1, 0.15) is 194 Å². The summed E-state index contributed by atoms with van der Waals surface area (Å²) in [5.41, 5.74) is 0. The molecule has 0 fully saturated rings. The van der Waals surface area contributed by atoms with E-state index in [-0.39, 0.29) is 26.1 Å². The SMILES string of the molecule is CC/C=C\C/C=C\C/C=C\C/C=C\C/C=C\C/C=C\C/C=C\C/C=C\C/C=C\CCCCCC(=O)OC(COC(=O)CCCCCC/C=C\C/C=C\C/C=C\C/C=C\C/C=C\C/C=C\C/C=C\C/C=C\CC)COP(=O)([O-])OCC[N+](C)(C)C. The van der Waals surface area contributed by atoms with Gasteiger partial charge in [0.1, 0.15) is 19.8 Å². The molecule has 0 heterocycles. The Hall–Kier alpha value is -5.41. The van der Waals surface area contributed by atoms with Crippen LogP contribution < -0.4 is 4.89 Å². The first-order valence-electron chi connectivity index (χ1n) is 31.8. The highest BCUT2D eigenvalue weighted by atomic mass is 31.2. The molecular weight excluding hydrogens is 1060 g/mol. The lowest BCUT2D eigenvalue weighted by molar-refractivity contribution is -0.870. The van der Waals surface area contributed by atoms with E-state index < -0.39 is 32.5 Å². The van der Waals surface area contributed by atoms with Crippen molar-refractivity contribution in [3.63, 3.8) is 0 Å². The Morgan fingerprint density at radius 2 is 0.643 bits per heavy atom. The Morgan fingerprint density at radius 1 is 0.369 bits per heavy atom. The standard InChI is InChI=1S/C74H114NO8P/c1-6-8-10-12-14-16-18-20-22-24-26-28-30-32-34-36-37-39-41-43-45-47-49-51-53-55-57-59-61-63-65-67-74(77)83-72(71-82-84(78,79)81-69-68-75(3,4)5)70-80-73(76)66-64-62-60-58-56-54-52-50-48-46-44-42-40-38-35-33-31-29-27-25-23-21-19-17-15-13-11-9-7-2/h8-11,14-17,20-23,26-29,32-35,37,39-40,42-43,45-46,48-49,51-52,54-55,57,72H,6-7,12-13,18-19,24-25,30-31,36,38,41,44,47,50,53,56,58-71H2,1-5H3/b10-8-,11-9-,16-14-,17-15-,22-20-,23-21-,28-26-,29-27-,34-32-,35-33-,39-37-,42-40-,45-43-,48-46-,51-49-,54-52-,57-55-. The average molecular weight is 1180 g/mol. The third kappa shape index (κ3) is 65.7. The number of phosphoric ester groups is 1. The van der Waals surface area contributed by atoms with Gasteiger partial charge in [-0.25, -0.2) is 0 Å². The summed E-state index contributed by atoms with van der Waals surface area (Å²) in [7, 11) is 1.09. The fourth-order valence-corrected chi connectivity index (χ4v) is 8.21. The number of hydrogen-bond acceptors (Lipinski definition) is 8. The number of carbonyl (C=O) groups is 2. The van der Waals surface area contributed by atoms with Crippen LogP contribution in [0.5, 0.6) is 0 Å². The Balaban J connectivity index is 4.34. The van der Waals surface area contributed by atoms with Crippen molar-refractivity contribution in [3.05, 3.63) is 207 Å². The van der Waals surface area contributed by atoms with Crippen LogP contribution in [0, 0.1) is 0 Å². The first kappa shape index (κ1) is 78.6. The van der Waals surface area contributed by atoms with Gasteiger partial charge in [0.2, 0.25) is 0 Å². The molecule has 0 radical (unpaired) electrons. The van der Waals surface area contributed by atoms with Gasteiger partial charge in [0.15, 0.2) is 6.10 Å². The van der Waals surface area contributed by atoms with Crippen LogP contribution in [0.3, 0.4) is 0 Å². The average Bonchev–Trinajstić information content (AvgIpc) is 3.61. The van der Waals surface area contributed by atoms with Gasteiger partial charge in [-0.1, -0.05) is 240 Å². The maximum Gasteiger partial charge on any atom is 0.306 e. The quantitative estimate of drug-likeness (QED) is 0.0195. The molecule has 0 aromatic rings. The number of phosphoric acid groups is 1. The molecule has 0 saturated carbocycles. The van der Waals surface area contributed by atoms with Gasteiger partial charge in [-0.15, -0.1) is 0 Å². The van der Waals surface area contributed by atoms with Crippen LogP contribution in [0.4, 0.5) is 0 Å². The van der Waals surface area contributed by atoms with E-state index in [4.69, 9.17) is 18.5 Å². The molecule has 9 nitrogen and oxygen atoms in total. The molecule has 0 amide bonds. The Kier molecular flexibility index (Phi) is 58.1. The number of quaternary nitrogens is 1. The first-order chi connectivity index (χ1) is 41.0. The second kappa shape index (κ2) is 62.1. The van der Waals surface area contributed by atoms with Crippen LogP contribution in [0.15, 0.2) is 207 Å². The summed E-state index contributed by atoms with van der Waals surface area (Å²) in [5, 5.41) is 0. The molecule has 0 N–H and O–H groups in total. The summed E-state index contributed by atoms with van der Waals surface area (Å²) in [6.07, 6.45) is 98.8. The lowest BCUT2D eigenvalue weighted by Crippen LogP contribution is -2.37. The molecule has 0 saturated heterocycles. The third-order valence-corrected chi connectivity index (χ3v) is 13.3. The molecule has 2 atom stereocenters. The molecule has 468 valence electrons. The lowest BCUT2D eigenvalue weighted by atomic mass is 10.1. The van der Waals surface area contributed by atoms with E-state index in [0.29, 0.717) is 23.9 Å². The summed E-state index contributed by atoms with van der Waals surface area (Å²) in [4.78, 5) is 38.0. The van der Waals surface area contributed by atoms with E-state index in [1.54, 1.807) is 0 Å². The second-order valence-electron chi connectivity index (χ2n) is 21.3. The zero-order chi connectivity index (χ0) is 61.2. The largest absolute Gasteiger partial charge is 0.756 e. The van der Waals surface area contributed by atoms with Gasteiger partial charge in [0.25, 0.3) is 7.82 Å². The van der Waals surface area contributed by atoms with E-state index in [0.717, 1.165) is 154 Å². The van der Waals surface area contributed by atoms with E-state index in [1.165, 1.54) is 0 Å². The molecule has 0 bridgehead atoms. The smallest absolute Gasteiger partial charge is 0.306 e. The molecule has 0 aliphatic carbocycles. The number of unbranched alkanes of at least 4 members (excludes halogenated alkanes) is 7. The molecule has 0 rings (SSSR count). The molecule has 0 aromatic heterocycles. The van der Waals surface area contributed by atoms with Crippen LogP contribution in [-0.4, -0.2) is 70.0 Å². The molecular formula is C74H114NO8P. The number of ether oxygens (including phenoxy) is 2. The monoisotopic (exact) mass is 1180 g/mol. The van der Waals surface area contributed by atoms with Gasteiger partial charge in [0, 0.05) is 12.8 Å². The van der Waals surface area contributed by atoms with Crippen LogP contribution >= 0.6 is 7.82 Å². The maximum atomic E-state index is 12.8. The van der Waals surface area contributed by atoms with Gasteiger partial charge in [-0.05, 0) is 148 Å². The van der Waals surface area contributed by atoms with E-state index in [2.05, 4.69) is 220 Å². The number of carbonyl (C=O) groups excluding carboxylic acids is 2. The van der Waals surface area contributed by atoms with Crippen LogP contribution in [0.2, 0.25) is 0 Å². The van der Waals surface area contributed by atoms with Crippen molar-refractivity contribution in [1.29, 1.82) is 0 Å². The fourth-order valence-electron chi connectivity index (χ4n) is 7.48. The number of hydrogen-bond donors (Lipinski definition) is 0. The number of nitrogens with zero attached hydrogens (tertiary/aromatic N) is 1. The first-order valence-corrected chi connectivity index (χ1v) is 33.3. The Bertz CT molecular complexity index is 2170. The normalized spacial score (nSPS) is 14.6. The zero-order valence-corrected chi connectivity index (χ0v) is 53.9. The van der Waals surface area contributed by atoms with Crippen molar-refractivity contribution in [2.75, 3.05) is 47.5 Å². The summed E-state index contributed by atoms with van der Waals surface area (Å²) in [5.74, 6) is -0.922. The summed E-state index contributed by atoms with van der Waals surface area (Å²) < 4.78 is 34.1. The highest BCUT2D eigenvalue weighted by molar-refractivity contribution is 7.45.